The summed E-state index contributed by atoms with van der Waals surface area (Å²) in [6.07, 6.45) is -0.366. The fourth-order valence-electron chi connectivity index (χ4n) is 2.55. The van der Waals surface area contributed by atoms with Crippen LogP contribution in [0.2, 0.25) is 0 Å². The molecule has 7 nitrogen and oxygen atoms in total. The monoisotopic (exact) mass is 342 g/mol. The molecular weight excluding hydrogens is 326 g/mol. The van der Waals surface area contributed by atoms with Crippen LogP contribution in [-0.4, -0.2) is 25.8 Å². The highest BCUT2D eigenvalue weighted by Crippen LogP contribution is 2.34. The van der Waals surface area contributed by atoms with Gasteiger partial charge in [-0.1, -0.05) is 12.1 Å². The molecule has 1 atom stereocenters. The molecule has 25 heavy (non-hydrogen) atoms. The van der Waals surface area contributed by atoms with Crippen LogP contribution < -0.4 is 24.6 Å². The van der Waals surface area contributed by atoms with E-state index in [0.717, 1.165) is 0 Å². The number of carboxylic acid groups (broad SMARTS) is 1. The van der Waals surface area contributed by atoms with E-state index in [2.05, 4.69) is 5.32 Å². The third-order valence-electron chi connectivity index (χ3n) is 3.81. The molecule has 2 aromatic rings. The van der Waals surface area contributed by atoms with E-state index in [1.807, 2.05) is 0 Å². The number of methoxy groups -OCH3 is 1. The molecule has 1 amide bonds. The molecule has 3 rings (SSSR count). The summed E-state index contributed by atoms with van der Waals surface area (Å²) < 4.78 is 15.6. The van der Waals surface area contributed by atoms with Gasteiger partial charge in [0.05, 0.1) is 13.2 Å². The summed E-state index contributed by atoms with van der Waals surface area (Å²) in [6, 6.07) is 10.8. The second-order valence-electron chi connectivity index (χ2n) is 5.45. The Hall–Kier alpha value is -3.22. The zero-order valence-electron chi connectivity index (χ0n) is 13.5. The van der Waals surface area contributed by atoms with E-state index in [1.54, 1.807) is 42.5 Å². The molecule has 0 fully saturated rings. The van der Waals surface area contributed by atoms with E-state index in [9.17, 15) is 14.7 Å². The third-order valence-corrected chi connectivity index (χ3v) is 3.81. The van der Waals surface area contributed by atoms with Gasteiger partial charge in [0.15, 0.2) is 11.5 Å². The van der Waals surface area contributed by atoms with Gasteiger partial charge in [-0.25, -0.2) is 0 Å². The summed E-state index contributed by atoms with van der Waals surface area (Å²) in [5, 5.41) is 13.8. The maximum Gasteiger partial charge on any atom is 0.251 e. The molecule has 0 aliphatic carbocycles. The smallest absolute Gasteiger partial charge is 0.251 e. The molecule has 130 valence electrons. The quantitative estimate of drug-likeness (QED) is 0.842. The summed E-state index contributed by atoms with van der Waals surface area (Å²) in [6.45, 7) is 0.111. The van der Waals surface area contributed by atoms with Gasteiger partial charge in [-0.15, -0.1) is 0 Å². The van der Waals surface area contributed by atoms with Gasteiger partial charge >= 0.3 is 0 Å². The largest absolute Gasteiger partial charge is 0.550 e. The lowest BCUT2D eigenvalue weighted by atomic mass is 10.0. The first-order valence-electron chi connectivity index (χ1n) is 7.61. The summed E-state index contributed by atoms with van der Waals surface area (Å²) in [4.78, 5) is 23.6. The lowest BCUT2D eigenvalue weighted by Crippen LogP contribution is -2.34. The molecule has 0 saturated carbocycles. The maximum atomic E-state index is 12.5. The minimum Gasteiger partial charge on any atom is -0.550 e. The SMILES string of the molecule is COc1cccc(C(=O)N[C@H](CC(=O)[O-])c2ccc3c(c2)OCO3)c1. The lowest BCUT2D eigenvalue weighted by molar-refractivity contribution is -0.306. The average molecular weight is 342 g/mol. The second-order valence-corrected chi connectivity index (χ2v) is 5.45. The molecule has 1 heterocycles. The number of rotatable bonds is 6. The highest BCUT2D eigenvalue weighted by Gasteiger charge is 2.20. The highest BCUT2D eigenvalue weighted by molar-refractivity contribution is 5.95. The molecule has 0 aromatic heterocycles. The van der Waals surface area contributed by atoms with Crippen molar-refractivity contribution >= 4 is 11.9 Å². The Balaban J connectivity index is 1.83. The standard InChI is InChI=1S/C18H17NO6/c1-23-13-4-2-3-12(7-13)18(22)19-14(9-17(20)21)11-5-6-15-16(8-11)25-10-24-15/h2-8,14H,9-10H2,1H3,(H,19,22)(H,20,21)/p-1/t14-/m1/s1. The average Bonchev–Trinajstić information content (AvgIpc) is 3.08. The molecular formula is C18H16NO6-. The Morgan fingerprint density at radius 3 is 2.76 bits per heavy atom. The normalized spacial score (nSPS) is 13.2. The van der Waals surface area contributed by atoms with E-state index in [0.29, 0.717) is 28.4 Å². The number of hydrogen-bond acceptors (Lipinski definition) is 6. The van der Waals surface area contributed by atoms with Crippen molar-refractivity contribution in [2.24, 2.45) is 0 Å². The number of hydrogen-bond donors (Lipinski definition) is 1. The highest BCUT2D eigenvalue weighted by atomic mass is 16.7. The number of nitrogens with one attached hydrogen (secondary N) is 1. The number of benzene rings is 2. The van der Waals surface area contributed by atoms with Crippen LogP contribution in [0.3, 0.4) is 0 Å². The van der Waals surface area contributed by atoms with E-state index >= 15 is 0 Å². The molecule has 0 spiro atoms. The summed E-state index contributed by atoms with van der Waals surface area (Å²) >= 11 is 0. The van der Waals surface area contributed by atoms with Gasteiger partial charge in [-0.05, 0) is 35.9 Å². The van der Waals surface area contributed by atoms with Crippen LogP contribution in [0.25, 0.3) is 0 Å². The molecule has 0 radical (unpaired) electrons. The molecule has 0 saturated heterocycles. The van der Waals surface area contributed by atoms with E-state index in [4.69, 9.17) is 14.2 Å². The number of amides is 1. The van der Waals surface area contributed by atoms with Gasteiger partial charge in [0.2, 0.25) is 6.79 Å². The Bertz CT molecular complexity index is 804. The van der Waals surface area contributed by atoms with Crippen LogP contribution in [0.15, 0.2) is 42.5 Å². The number of carbonyl (C=O) groups excluding carboxylic acids is 2. The third kappa shape index (κ3) is 3.82. The van der Waals surface area contributed by atoms with Crippen LogP contribution >= 0.6 is 0 Å². The van der Waals surface area contributed by atoms with Crippen LogP contribution in [0.4, 0.5) is 0 Å². The van der Waals surface area contributed by atoms with Crippen molar-refractivity contribution in [1.29, 1.82) is 0 Å². The van der Waals surface area contributed by atoms with Crippen molar-refractivity contribution in [2.75, 3.05) is 13.9 Å². The number of carboxylic acids is 1. The summed E-state index contributed by atoms with van der Waals surface area (Å²) in [7, 11) is 1.50. The van der Waals surface area contributed by atoms with E-state index in [-0.39, 0.29) is 13.2 Å². The van der Waals surface area contributed by atoms with Gasteiger partial charge in [-0.2, -0.15) is 0 Å². The zero-order chi connectivity index (χ0) is 17.8. The maximum absolute atomic E-state index is 12.5. The molecule has 1 N–H and O–H groups in total. The second kappa shape index (κ2) is 7.12. The summed E-state index contributed by atoms with van der Waals surface area (Å²) in [5.41, 5.74) is 0.952. The first kappa shape index (κ1) is 16.6. The lowest BCUT2D eigenvalue weighted by Gasteiger charge is -2.20. The van der Waals surface area contributed by atoms with Gasteiger partial charge in [0.1, 0.15) is 5.75 Å². The minimum absolute atomic E-state index is 0.111. The first-order chi connectivity index (χ1) is 12.1. The van der Waals surface area contributed by atoms with Crippen molar-refractivity contribution in [3.63, 3.8) is 0 Å². The fourth-order valence-corrected chi connectivity index (χ4v) is 2.55. The predicted octanol–water partition coefficient (Wildman–Crippen LogP) is 1.03. The number of aliphatic carboxylic acids is 1. The zero-order valence-corrected chi connectivity index (χ0v) is 13.5. The van der Waals surface area contributed by atoms with Crippen LogP contribution in [0, 0.1) is 0 Å². The Kier molecular flexibility index (Phi) is 4.74. The number of fused-ring (bicyclic) bond motifs is 1. The van der Waals surface area contributed by atoms with E-state index in [1.165, 1.54) is 7.11 Å². The van der Waals surface area contributed by atoms with Gasteiger partial charge in [0.25, 0.3) is 5.91 Å². The van der Waals surface area contributed by atoms with Crippen molar-refractivity contribution in [1.82, 2.24) is 5.32 Å². The van der Waals surface area contributed by atoms with Crippen molar-refractivity contribution in [3.05, 3.63) is 53.6 Å². The Labute approximate surface area is 144 Å². The first-order valence-corrected chi connectivity index (χ1v) is 7.61. The molecule has 0 unspecified atom stereocenters. The van der Waals surface area contributed by atoms with Crippen molar-refractivity contribution in [3.8, 4) is 17.2 Å². The van der Waals surface area contributed by atoms with Gasteiger partial charge in [-0.3, -0.25) is 4.79 Å². The Morgan fingerprint density at radius 2 is 2.00 bits per heavy atom. The molecule has 7 heteroatoms. The van der Waals surface area contributed by atoms with Gasteiger partial charge < -0.3 is 29.4 Å². The van der Waals surface area contributed by atoms with Gasteiger partial charge in [0, 0.05) is 18.0 Å². The van der Waals surface area contributed by atoms with Crippen LogP contribution in [0.5, 0.6) is 17.2 Å². The Morgan fingerprint density at radius 1 is 1.20 bits per heavy atom. The molecule has 2 aromatic carbocycles. The molecule has 0 bridgehead atoms. The number of ether oxygens (including phenoxy) is 3. The predicted molar refractivity (Wildman–Crippen MR) is 85.4 cm³/mol. The number of carbonyl (C=O) groups is 2. The molecule has 1 aliphatic rings. The molecule has 1 aliphatic heterocycles. The van der Waals surface area contributed by atoms with Crippen LogP contribution in [0.1, 0.15) is 28.4 Å². The van der Waals surface area contributed by atoms with Crippen molar-refractivity contribution < 1.29 is 28.9 Å². The fraction of sp³-hybridized carbons (Fsp3) is 0.222. The topological polar surface area (TPSA) is 96.9 Å². The summed E-state index contributed by atoms with van der Waals surface area (Å²) in [5.74, 6) is -0.0600. The minimum atomic E-state index is -1.27. The van der Waals surface area contributed by atoms with E-state index < -0.39 is 17.9 Å². The van der Waals surface area contributed by atoms with Crippen molar-refractivity contribution in [2.45, 2.75) is 12.5 Å². The van der Waals surface area contributed by atoms with Crippen LogP contribution in [-0.2, 0) is 4.79 Å².